The van der Waals surface area contributed by atoms with Crippen molar-refractivity contribution < 1.29 is 5.11 Å². The van der Waals surface area contributed by atoms with Crippen LogP contribution in [0.2, 0.25) is 0 Å². The second-order valence-electron chi connectivity index (χ2n) is 3.05. The van der Waals surface area contributed by atoms with Crippen LogP contribution in [0.4, 0.5) is 0 Å². The number of aliphatic hydroxyl groups is 1. The fourth-order valence-electron chi connectivity index (χ4n) is 1.16. The standard InChI is InChI=1S/C10H14INO/c1-2-9(13)10(12)7-3-5-8(11)6-4-7/h3-6,9-10,13H,2,12H2,1H3/t9-,10+/m1/s1. The zero-order chi connectivity index (χ0) is 9.84. The minimum Gasteiger partial charge on any atom is -0.391 e. The zero-order valence-corrected chi connectivity index (χ0v) is 9.73. The minimum atomic E-state index is -0.444. The Morgan fingerprint density at radius 2 is 1.92 bits per heavy atom. The van der Waals surface area contributed by atoms with Gasteiger partial charge in [-0.15, -0.1) is 0 Å². The average molecular weight is 291 g/mol. The summed E-state index contributed by atoms with van der Waals surface area (Å²) < 4.78 is 1.18. The van der Waals surface area contributed by atoms with Crippen molar-refractivity contribution in [3.8, 4) is 0 Å². The molecule has 0 radical (unpaired) electrons. The largest absolute Gasteiger partial charge is 0.391 e. The van der Waals surface area contributed by atoms with E-state index >= 15 is 0 Å². The van der Waals surface area contributed by atoms with Crippen molar-refractivity contribution in [3.63, 3.8) is 0 Å². The highest BCUT2D eigenvalue weighted by atomic mass is 127. The van der Waals surface area contributed by atoms with Crippen molar-refractivity contribution in [1.29, 1.82) is 0 Å². The van der Waals surface area contributed by atoms with Crippen LogP contribution in [0.3, 0.4) is 0 Å². The van der Waals surface area contributed by atoms with Crippen LogP contribution in [-0.4, -0.2) is 11.2 Å². The Balaban J connectivity index is 2.77. The SMILES string of the molecule is CC[C@@H](O)[C@@H](N)c1ccc(I)cc1. The summed E-state index contributed by atoms with van der Waals surface area (Å²) in [6, 6.07) is 7.66. The van der Waals surface area contributed by atoms with Crippen molar-refractivity contribution in [2.24, 2.45) is 5.73 Å². The summed E-state index contributed by atoms with van der Waals surface area (Å²) in [5.41, 5.74) is 6.84. The minimum absolute atomic E-state index is 0.262. The summed E-state index contributed by atoms with van der Waals surface area (Å²) in [6.07, 6.45) is 0.243. The molecule has 1 aromatic rings. The van der Waals surface area contributed by atoms with E-state index < -0.39 is 6.10 Å². The van der Waals surface area contributed by atoms with Crippen LogP contribution in [0.25, 0.3) is 0 Å². The lowest BCUT2D eigenvalue weighted by Gasteiger charge is -2.17. The van der Waals surface area contributed by atoms with Gasteiger partial charge in [0.05, 0.1) is 12.1 Å². The predicted molar refractivity (Wildman–Crippen MR) is 62.4 cm³/mol. The second-order valence-corrected chi connectivity index (χ2v) is 4.30. The summed E-state index contributed by atoms with van der Waals surface area (Å²) in [5.74, 6) is 0. The number of hydrogen-bond donors (Lipinski definition) is 2. The molecule has 0 unspecified atom stereocenters. The van der Waals surface area contributed by atoms with Gasteiger partial charge >= 0.3 is 0 Å². The molecule has 0 spiro atoms. The zero-order valence-electron chi connectivity index (χ0n) is 7.57. The number of rotatable bonds is 3. The van der Waals surface area contributed by atoms with Gasteiger partial charge in [0, 0.05) is 3.57 Å². The highest BCUT2D eigenvalue weighted by molar-refractivity contribution is 14.1. The Hall–Kier alpha value is -0.130. The molecule has 3 heteroatoms. The van der Waals surface area contributed by atoms with Crippen molar-refractivity contribution in [2.45, 2.75) is 25.5 Å². The van der Waals surface area contributed by atoms with E-state index in [0.29, 0.717) is 6.42 Å². The Labute approximate surface area is 92.3 Å². The van der Waals surface area contributed by atoms with E-state index in [0.717, 1.165) is 5.56 Å². The molecule has 0 saturated heterocycles. The van der Waals surface area contributed by atoms with Gasteiger partial charge in [0.1, 0.15) is 0 Å². The smallest absolute Gasteiger partial charge is 0.0730 e. The molecule has 2 atom stereocenters. The first-order chi connectivity index (χ1) is 6.15. The molecule has 13 heavy (non-hydrogen) atoms. The topological polar surface area (TPSA) is 46.2 Å². The van der Waals surface area contributed by atoms with E-state index in [9.17, 15) is 5.11 Å². The quantitative estimate of drug-likeness (QED) is 0.837. The van der Waals surface area contributed by atoms with E-state index in [4.69, 9.17) is 5.73 Å². The summed E-state index contributed by atoms with van der Waals surface area (Å²) >= 11 is 2.24. The molecule has 0 amide bonds. The molecule has 0 aromatic heterocycles. The fourth-order valence-corrected chi connectivity index (χ4v) is 1.52. The van der Waals surface area contributed by atoms with Gasteiger partial charge in [-0.05, 0) is 46.7 Å². The van der Waals surface area contributed by atoms with Crippen LogP contribution in [0, 0.1) is 3.57 Å². The molecule has 3 N–H and O–H groups in total. The first-order valence-electron chi connectivity index (χ1n) is 4.34. The molecular formula is C10H14INO. The summed E-state index contributed by atoms with van der Waals surface area (Å²) in [5, 5.41) is 9.52. The molecule has 0 aliphatic rings. The summed E-state index contributed by atoms with van der Waals surface area (Å²) in [4.78, 5) is 0. The number of nitrogens with two attached hydrogens (primary N) is 1. The van der Waals surface area contributed by atoms with Gasteiger partial charge in [0.2, 0.25) is 0 Å². The molecule has 1 rings (SSSR count). The number of benzene rings is 1. The van der Waals surface area contributed by atoms with Crippen molar-refractivity contribution in [1.82, 2.24) is 0 Å². The maximum atomic E-state index is 9.52. The number of aliphatic hydroxyl groups excluding tert-OH is 1. The Kier molecular flexibility index (Phi) is 4.15. The maximum absolute atomic E-state index is 9.52. The van der Waals surface area contributed by atoms with Gasteiger partial charge < -0.3 is 10.8 Å². The first kappa shape index (κ1) is 10.9. The van der Waals surface area contributed by atoms with Crippen molar-refractivity contribution in [2.75, 3.05) is 0 Å². The molecule has 0 heterocycles. The number of halogens is 1. The van der Waals surface area contributed by atoms with Crippen LogP contribution in [0.1, 0.15) is 24.9 Å². The molecule has 0 aliphatic heterocycles. The lowest BCUT2D eigenvalue weighted by Crippen LogP contribution is -2.25. The first-order valence-corrected chi connectivity index (χ1v) is 5.42. The molecule has 2 nitrogen and oxygen atoms in total. The molecule has 1 aromatic carbocycles. The van der Waals surface area contributed by atoms with Gasteiger partial charge in [-0.3, -0.25) is 0 Å². The van der Waals surface area contributed by atoms with E-state index in [1.54, 1.807) is 0 Å². The molecule has 0 aliphatic carbocycles. The molecule has 0 fully saturated rings. The summed E-state index contributed by atoms with van der Waals surface area (Å²) in [6.45, 7) is 1.93. The van der Waals surface area contributed by atoms with E-state index in [1.165, 1.54) is 3.57 Å². The van der Waals surface area contributed by atoms with Gasteiger partial charge in [-0.25, -0.2) is 0 Å². The van der Waals surface area contributed by atoms with Crippen molar-refractivity contribution >= 4 is 22.6 Å². The summed E-state index contributed by atoms with van der Waals surface area (Å²) in [7, 11) is 0. The molecule has 72 valence electrons. The Morgan fingerprint density at radius 1 is 1.38 bits per heavy atom. The van der Waals surface area contributed by atoms with Crippen LogP contribution in [0.5, 0.6) is 0 Å². The van der Waals surface area contributed by atoms with Crippen LogP contribution < -0.4 is 5.73 Å². The lowest BCUT2D eigenvalue weighted by molar-refractivity contribution is 0.140. The van der Waals surface area contributed by atoms with Crippen LogP contribution in [0.15, 0.2) is 24.3 Å². The van der Waals surface area contributed by atoms with Crippen molar-refractivity contribution in [3.05, 3.63) is 33.4 Å². The molecule has 0 bridgehead atoms. The van der Waals surface area contributed by atoms with Gasteiger partial charge in [0.25, 0.3) is 0 Å². The van der Waals surface area contributed by atoms with Crippen LogP contribution >= 0.6 is 22.6 Å². The Bertz CT molecular complexity index is 260. The molecular weight excluding hydrogens is 277 g/mol. The average Bonchev–Trinajstić information content (AvgIpc) is 2.17. The second kappa shape index (κ2) is 4.93. The highest BCUT2D eigenvalue weighted by Crippen LogP contribution is 2.17. The predicted octanol–water partition coefficient (Wildman–Crippen LogP) is 2.06. The van der Waals surface area contributed by atoms with Gasteiger partial charge in [-0.2, -0.15) is 0 Å². The third-order valence-corrected chi connectivity index (χ3v) is 2.81. The normalized spacial score (nSPS) is 15.4. The van der Waals surface area contributed by atoms with E-state index in [-0.39, 0.29) is 6.04 Å². The van der Waals surface area contributed by atoms with Gasteiger partial charge in [0.15, 0.2) is 0 Å². The maximum Gasteiger partial charge on any atom is 0.0730 e. The fraction of sp³-hybridized carbons (Fsp3) is 0.400. The third-order valence-electron chi connectivity index (χ3n) is 2.09. The lowest BCUT2D eigenvalue weighted by atomic mass is 10.0. The molecule has 0 saturated carbocycles. The van der Waals surface area contributed by atoms with Crippen LogP contribution in [-0.2, 0) is 0 Å². The monoisotopic (exact) mass is 291 g/mol. The van der Waals surface area contributed by atoms with E-state index in [2.05, 4.69) is 22.6 Å². The highest BCUT2D eigenvalue weighted by Gasteiger charge is 2.13. The third kappa shape index (κ3) is 2.93. The van der Waals surface area contributed by atoms with Gasteiger partial charge in [-0.1, -0.05) is 19.1 Å². The number of hydrogen-bond acceptors (Lipinski definition) is 2. The van der Waals surface area contributed by atoms with E-state index in [1.807, 2.05) is 31.2 Å². The Morgan fingerprint density at radius 3 is 2.38 bits per heavy atom.